The van der Waals surface area contributed by atoms with E-state index in [0.29, 0.717) is 17.5 Å². The third kappa shape index (κ3) is 2.28. The third-order valence-corrected chi connectivity index (χ3v) is 4.36. The quantitative estimate of drug-likeness (QED) is 0.488. The smallest absolute Gasteiger partial charge is 0.167 e. The van der Waals surface area contributed by atoms with Gasteiger partial charge in [0.05, 0.1) is 12.0 Å². The largest absolute Gasteiger partial charge is 0.394 e. The van der Waals surface area contributed by atoms with Gasteiger partial charge in [0, 0.05) is 6.20 Å². The molecule has 1 fully saturated rings. The summed E-state index contributed by atoms with van der Waals surface area (Å²) in [4.78, 5) is 8.19. The zero-order chi connectivity index (χ0) is 16.8. The number of aliphatic hydroxyl groups is 3. The van der Waals surface area contributed by atoms with Gasteiger partial charge in [-0.3, -0.25) is 10.7 Å². The van der Waals surface area contributed by atoms with Gasteiger partial charge in [0.15, 0.2) is 12.0 Å². The van der Waals surface area contributed by atoms with Gasteiger partial charge in [-0.25, -0.2) is 9.97 Å². The van der Waals surface area contributed by atoms with Crippen LogP contribution in [0.4, 0.5) is 5.82 Å². The average Bonchev–Trinajstić information content (AvgIpc) is 3.03. The highest BCUT2D eigenvalue weighted by molar-refractivity contribution is 5.90. The molecule has 1 saturated heterocycles. The lowest BCUT2D eigenvalue weighted by molar-refractivity contribution is -0.0948. The molecular weight excluding hydrogens is 304 g/mol. The fourth-order valence-electron chi connectivity index (χ4n) is 3.08. The summed E-state index contributed by atoms with van der Waals surface area (Å²) < 4.78 is 7.23. The molecule has 9 nitrogen and oxygen atoms in total. The number of aryl methyl sites for hydroxylation is 1. The lowest BCUT2D eigenvalue weighted by Gasteiger charge is -2.27. The molecular formula is C14H20N4O5. The topological polar surface area (TPSA) is 133 Å². The molecule has 0 bridgehead atoms. The molecule has 4 unspecified atom stereocenters. The van der Waals surface area contributed by atoms with E-state index in [0.717, 1.165) is 5.56 Å². The van der Waals surface area contributed by atoms with E-state index in [2.05, 4.69) is 9.97 Å². The fourth-order valence-corrected chi connectivity index (χ4v) is 3.08. The van der Waals surface area contributed by atoms with E-state index in [9.17, 15) is 20.5 Å². The first-order valence-electron chi connectivity index (χ1n) is 7.36. The average molecular weight is 324 g/mol. The standard InChI is InChI=1S/C14H20N4O5/c1-3-7-4-18(12-9(7)11(17-22)15-6-16-12)13-14(2,21)10(20)8(5-19)23-13/h4,6,8,10,13,19-22H,3,5H2,1-2H3,(H,15,16,17). The maximum atomic E-state index is 10.6. The SMILES string of the molecule is CCc1cn(C2OC(CO)C(O)C2(C)O)c2ncnc(NO)c12. The second-order valence-electron chi connectivity index (χ2n) is 5.83. The van der Waals surface area contributed by atoms with Crippen LogP contribution in [0.25, 0.3) is 11.0 Å². The van der Waals surface area contributed by atoms with Crippen LogP contribution >= 0.6 is 0 Å². The van der Waals surface area contributed by atoms with Gasteiger partial charge in [-0.05, 0) is 18.9 Å². The molecule has 3 rings (SSSR count). The summed E-state index contributed by atoms with van der Waals surface area (Å²) in [6.07, 6.45) is 0.601. The Morgan fingerprint density at radius 2 is 2.17 bits per heavy atom. The van der Waals surface area contributed by atoms with Crippen LogP contribution in [-0.2, 0) is 11.2 Å². The molecule has 0 aromatic carbocycles. The molecule has 1 aliphatic rings. The van der Waals surface area contributed by atoms with Crippen LogP contribution < -0.4 is 5.48 Å². The van der Waals surface area contributed by atoms with Crippen LogP contribution in [0.3, 0.4) is 0 Å². The van der Waals surface area contributed by atoms with Crippen LogP contribution in [0.1, 0.15) is 25.6 Å². The zero-order valence-electron chi connectivity index (χ0n) is 12.8. The second kappa shape index (κ2) is 5.69. The van der Waals surface area contributed by atoms with E-state index in [1.807, 2.05) is 12.4 Å². The summed E-state index contributed by atoms with van der Waals surface area (Å²) in [5.74, 6) is 0.252. The molecule has 2 aromatic heterocycles. The Morgan fingerprint density at radius 3 is 2.74 bits per heavy atom. The summed E-state index contributed by atoms with van der Waals surface area (Å²) in [5, 5.41) is 40.0. The van der Waals surface area contributed by atoms with Crippen LogP contribution in [0.5, 0.6) is 0 Å². The van der Waals surface area contributed by atoms with Crippen molar-refractivity contribution in [1.82, 2.24) is 14.5 Å². The highest BCUT2D eigenvalue weighted by Gasteiger charge is 2.53. The Kier molecular flexibility index (Phi) is 3.98. The first-order chi connectivity index (χ1) is 11.0. The van der Waals surface area contributed by atoms with Crippen molar-refractivity contribution in [1.29, 1.82) is 0 Å². The molecule has 0 aliphatic carbocycles. The van der Waals surface area contributed by atoms with Crippen LogP contribution in [-0.4, -0.2) is 59.5 Å². The van der Waals surface area contributed by atoms with Gasteiger partial charge in [0.25, 0.3) is 0 Å². The number of aliphatic hydroxyl groups excluding tert-OH is 2. The molecule has 5 N–H and O–H groups in total. The van der Waals surface area contributed by atoms with E-state index >= 15 is 0 Å². The van der Waals surface area contributed by atoms with Crippen molar-refractivity contribution >= 4 is 16.9 Å². The van der Waals surface area contributed by atoms with Crippen molar-refractivity contribution in [2.24, 2.45) is 0 Å². The Labute approximate surface area is 132 Å². The van der Waals surface area contributed by atoms with Gasteiger partial charge in [0.2, 0.25) is 0 Å². The lowest BCUT2D eigenvalue weighted by Crippen LogP contribution is -2.44. The maximum Gasteiger partial charge on any atom is 0.167 e. The number of nitrogens with zero attached hydrogens (tertiary/aromatic N) is 3. The molecule has 126 valence electrons. The van der Waals surface area contributed by atoms with Gasteiger partial charge in [-0.2, -0.15) is 0 Å². The number of hydrogen-bond donors (Lipinski definition) is 5. The number of nitrogens with one attached hydrogen (secondary N) is 1. The Balaban J connectivity index is 2.18. The monoisotopic (exact) mass is 324 g/mol. The van der Waals surface area contributed by atoms with Crippen LogP contribution in [0.15, 0.2) is 12.5 Å². The van der Waals surface area contributed by atoms with Gasteiger partial charge in [0.1, 0.15) is 29.8 Å². The van der Waals surface area contributed by atoms with Crippen molar-refractivity contribution in [2.45, 2.75) is 44.3 Å². The summed E-state index contributed by atoms with van der Waals surface area (Å²) in [6, 6.07) is 0. The summed E-state index contributed by atoms with van der Waals surface area (Å²) in [5.41, 5.74) is 1.73. The molecule has 3 heterocycles. The first-order valence-corrected chi connectivity index (χ1v) is 7.36. The molecule has 0 amide bonds. The highest BCUT2D eigenvalue weighted by Crippen LogP contribution is 2.41. The lowest BCUT2D eigenvalue weighted by atomic mass is 9.96. The Hall–Kier alpha value is -1.78. The van der Waals surface area contributed by atoms with E-state index in [1.54, 1.807) is 10.8 Å². The summed E-state index contributed by atoms with van der Waals surface area (Å²) in [7, 11) is 0. The molecule has 1 aliphatic heterocycles. The number of fused-ring (bicyclic) bond motifs is 1. The minimum atomic E-state index is -1.61. The van der Waals surface area contributed by atoms with Crippen molar-refractivity contribution in [3.8, 4) is 0 Å². The predicted octanol–water partition coefficient (Wildman–Crippen LogP) is -0.204. The maximum absolute atomic E-state index is 10.6. The number of ether oxygens (including phenoxy) is 1. The second-order valence-corrected chi connectivity index (χ2v) is 5.83. The first kappa shape index (κ1) is 16.1. The van der Waals surface area contributed by atoms with E-state index in [-0.39, 0.29) is 5.82 Å². The number of anilines is 1. The van der Waals surface area contributed by atoms with E-state index < -0.39 is 30.6 Å². The van der Waals surface area contributed by atoms with Gasteiger partial charge >= 0.3 is 0 Å². The summed E-state index contributed by atoms with van der Waals surface area (Å²) >= 11 is 0. The van der Waals surface area contributed by atoms with Crippen molar-refractivity contribution in [3.05, 3.63) is 18.1 Å². The van der Waals surface area contributed by atoms with E-state index in [1.165, 1.54) is 13.3 Å². The van der Waals surface area contributed by atoms with Crippen molar-refractivity contribution in [2.75, 3.05) is 12.1 Å². The number of hydrogen-bond acceptors (Lipinski definition) is 8. The molecule has 0 saturated carbocycles. The Bertz CT molecular complexity index is 717. The number of rotatable bonds is 4. The van der Waals surface area contributed by atoms with Crippen molar-refractivity contribution in [3.63, 3.8) is 0 Å². The molecule has 2 aromatic rings. The van der Waals surface area contributed by atoms with Crippen molar-refractivity contribution < 1.29 is 25.3 Å². The van der Waals surface area contributed by atoms with Crippen LogP contribution in [0.2, 0.25) is 0 Å². The predicted molar refractivity (Wildman–Crippen MR) is 79.9 cm³/mol. The Morgan fingerprint density at radius 1 is 1.43 bits per heavy atom. The molecule has 23 heavy (non-hydrogen) atoms. The molecule has 0 radical (unpaired) electrons. The molecule has 9 heteroatoms. The minimum absolute atomic E-state index is 0.252. The molecule has 0 spiro atoms. The number of aromatic nitrogens is 3. The summed E-state index contributed by atoms with van der Waals surface area (Å²) in [6.45, 7) is 2.97. The molecule has 4 atom stereocenters. The van der Waals surface area contributed by atoms with Gasteiger partial charge < -0.3 is 24.6 Å². The van der Waals surface area contributed by atoms with E-state index in [4.69, 9.17) is 4.74 Å². The minimum Gasteiger partial charge on any atom is -0.394 e. The van der Waals surface area contributed by atoms with Gasteiger partial charge in [-0.15, -0.1) is 0 Å². The zero-order valence-corrected chi connectivity index (χ0v) is 12.8. The fraction of sp³-hybridized carbons (Fsp3) is 0.571. The van der Waals surface area contributed by atoms with Gasteiger partial charge in [-0.1, -0.05) is 6.92 Å². The van der Waals surface area contributed by atoms with Crippen LogP contribution in [0, 0.1) is 0 Å². The third-order valence-electron chi connectivity index (χ3n) is 4.36. The highest BCUT2D eigenvalue weighted by atomic mass is 16.6. The normalized spacial score (nSPS) is 31.0.